The molecule has 3 nitrogen and oxygen atoms in total. The number of hydrogen-bond acceptors (Lipinski definition) is 4. The van der Waals surface area contributed by atoms with Gasteiger partial charge in [0, 0.05) is 16.6 Å². The number of nitrogens with one attached hydrogen (secondary N) is 1. The number of hydrogen-bond donors (Lipinski definition) is 2. The van der Waals surface area contributed by atoms with E-state index in [0.717, 1.165) is 11.4 Å². The number of pyridine rings is 1. The number of rotatable bonds is 2. The summed E-state index contributed by atoms with van der Waals surface area (Å²) in [6.07, 6.45) is 1.75. The van der Waals surface area contributed by atoms with Crippen LogP contribution in [0.5, 0.6) is 0 Å². The van der Waals surface area contributed by atoms with Gasteiger partial charge in [0.25, 0.3) is 0 Å². The molecule has 2 aromatic heterocycles. The van der Waals surface area contributed by atoms with Crippen molar-refractivity contribution >= 4 is 17.0 Å². The molecule has 2 heterocycles. The summed E-state index contributed by atoms with van der Waals surface area (Å²) in [5, 5.41) is 2.06. The Hall–Kier alpha value is -1.39. The minimum absolute atomic E-state index is 0.876. The third-order valence-corrected chi connectivity index (χ3v) is 2.91. The normalized spacial score (nSPS) is 10.1. The van der Waals surface area contributed by atoms with Gasteiger partial charge >= 0.3 is 0 Å². The molecule has 0 aromatic carbocycles. The van der Waals surface area contributed by atoms with Gasteiger partial charge in [-0.25, -0.2) is 0 Å². The van der Waals surface area contributed by atoms with Gasteiger partial charge < -0.3 is 5.43 Å². The summed E-state index contributed by atoms with van der Waals surface area (Å²) in [5.41, 5.74) is 5.62. The van der Waals surface area contributed by atoms with Gasteiger partial charge in [0.2, 0.25) is 0 Å². The van der Waals surface area contributed by atoms with Crippen LogP contribution < -0.4 is 11.3 Å². The zero-order valence-corrected chi connectivity index (χ0v) is 8.64. The highest BCUT2D eigenvalue weighted by molar-refractivity contribution is 7.10. The molecule has 2 rings (SSSR count). The fourth-order valence-electron chi connectivity index (χ4n) is 1.32. The molecule has 0 unspecified atom stereocenters. The van der Waals surface area contributed by atoms with Crippen molar-refractivity contribution in [2.45, 2.75) is 6.92 Å². The fourth-order valence-corrected chi connectivity index (χ4v) is 2.03. The Labute approximate surface area is 86.6 Å². The maximum absolute atomic E-state index is 5.33. The molecule has 4 heteroatoms. The quantitative estimate of drug-likeness (QED) is 0.584. The molecule has 0 fully saturated rings. The first-order chi connectivity index (χ1) is 6.81. The topological polar surface area (TPSA) is 50.9 Å². The van der Waals surface area contributed by atoms with Gasteiger partial charge in [-0.05, 0) is 30.5 Å². The van der Waals surface area contributed by atoms with Gasteiger partial charge in [-0.1, -0.05) is 0 Å². The van der Waals surface area contributed by atoms with Crippen LogP contribution in [0.25, 0.3) is 11.3 Å². The summed E-state index contributed by atoms with van der Waals surface area (Å²) in [6, 6.07) is 5.85. The molecular formula is C10H11N3S. The van der Waals surface area contributed by atoms with Crippen molar-refractivity contribution < 1.29 is 0 Å². The van der Waals surface area contributed by atoms with Crippen molar-refractivity contribution in [1.29, 1.82) is 0 Å². The lowest BCUT2D eigenvalue weighted by Gasteiger charge is -2.02. The maximum atomic E-state index is 5.33. The Morgan fingerprint density at radius 2 is 2.29 bits per heavy atom. The first kappa shape index (κ1) is 9.18. The van der Waals surface area contributed by atoms with Crippen molar-refractivity contribution in [2.75, 3.05) is 5.43 Å². The summed E-state index contributed by atoms with van der Waals surface area (Å²) in [6.45, 7) is 2.09. The van der Waals surface area contributed by atoms with Crippen LogP contribution in [0.2, 0.25) is 0 Å². The van der Waals surface area contributed by atoms with Crippen molar-refractivity contribution in [3.63, 3.8) is 0 Å². The average molecular weight is 205 g/mol. The largest absolute Gasteiger partial charge is 0.324 e. The fraction of sp³-hybridized carbons (Fsp3) is 0.100. The summed E-state index contributed by atoms with van der Waals surface area (Å²) < 4.78 is 0. The van der Waals surface area contributed by atoms with Crippen LogP contribution in [0.3, 0.4) is 0 Å². The third-order valence-electron chi connectivity index (χ3n) is 2.06. The smallest absolute Gasteiger partial charge is 0.0734 e. The second kappa shape index (κ2) is 3.77. The van der Waals surface area contributed by atoms with E-state index in [9.17, 15) is 0 Å². The van der Waals surface area contributed by atoms with E-state index in [4.69, 9.17) is 5.84 Å². The SMILES string of the molecule is Cc1sccc1-c1cc(NN)ccn1. The van der Waals surface area contributed by atoms with E-state index < -0.39 is 0 Å². The van der Waals surface area contributed by atoms with E-state index in [2.05, 4.69) is 28.8 Å². The van der Waals surface area contributed by atoms with E-state index in [1.165, 1.54) is 10.4 Å². The number of aromatic nitrogens is 1. The van der Waals surface area contributed by atoms with Crippen molar-refractivity contribution in [1.82, 2.24) is 4.98 Å². The van der Waals surface area contributed by atoms with Crippen molar-refractivity contribution in [3.8, 4) is 11.3 Å². The minimum Gasteiger partial charge on any atom is -0.324 e. The maximum Gasteiger partial charge on any atom is 0.0734 e. The van der Waals surface area contributed by atoms with Crippen molar-refractivity contribution in [2.24, 2.45) is 5.84 Å². The number of anilines is 1. The van der Waals surface area contributed by atoms with E-state index in [-0.39, 0.29) is 0 Å². The Morgan fingerprint density at radius 3 is 2.93 bits per heavy atom. The molecule has 0 aliphatic rings. The van der Waals surface area contributed by atoms with Crippen LogP contribution in [0, 0.1) is 6.92 Å². The zero-order chi connectivity index (χ0) is 9.97. The molecule has 0 aliphatic carbocycles. The first-order valence-electron chi connectivity index (χ1n) is 4.28. The average Bonchev–Trinajstić information content (AvgIpc) is 2.65. The molecule has 0 spiro atoms. The van der Waals surface area contributed by atoms with Crippen LogP contribution in [0.4, 0.5) is 5.69 Å². The Kier molecular flexibility index (Phi) is 2.47. The number of aryl methyl sites for hydroxylation is 1. The van der Waals surface area contributed by atoms with E-state index in [1.54, 1.807) is 17.5 Å². The second-order valence-electron chi connectivity index (χ2n) is 2.96. The van der Waals surface area contributed by atoms with Crippen molar-refractivity contribution in [3.05, 3.63) is 34.7 Å². The minimum atomic E-state index is 0.876. The van der Waals surface area contributed by atoms with Gasteiger partial charge in [0.1, 0.15) is 0 Å². The monoisotopic (exact) mass is 205 g/mol. The molecule has 0 radical (unpaired) electrons. The number of nitrogens with two attached hydrogens (primary N) is 1. The lowest BCUT2D eigenvalue weighted by molar-refractivity contribution is 1.28. The molecule has 72 valence electrons. The molecule has 3 N–H and O–H groups in total. The highest BCUT2D eigenvalue weighted by Gasteiger charge is 2.04. The predicted octanol–water partition coefficient (Wildman–Crippen LogP) is 2.40. The Balaban J connectivity index is 2.47. The second-order valence-corrected chi connectivity index (χ2v) is 4.08. The molecule has 0 saturated carbocycles. The van der Waals surface area contributed by atoms with Gasteiger partial charge in [-0.2, -0.15) is 0 Å². The molecule has 0 atom stereocenters. The molecule has 2 aromatic rings. The zero-order valence-electron chi connectivity index (χ0n) is 7.82. The Morgan fingerprint density at radius 1 is 1.43 bits per heavy atom. The molecule has 14 heavy (non-hydrogen) atoms. The molecule has 0 aliphatic heterocycles. The number of nitrogen functional groups attached to an aromatic ring is 1. The number of thiophene rings is 1. The lowest BCUT2D eigenvalue weighted by Crippen LogP contribution is -2.06. The summed E-state index contributed by atoms with van der Waals surface area (Å²) >= 11 is 1.72. The molecular weight excluding hydrogens is 194 g/mol. The summed E-state index contributed by atoms with van der Waals surface area (Å²) in [4.78, 5) is 5.57. The first-order valence-corrected chi connectivity index (χ1v) is 5.16. The summed E-state index contributed by atoms with van der Waals surface area (Å²) in [5.74, 6) is 5.33. The van der Waals surface area contributed by atoms with Crippen LogP contribution >= 0.6 is 11.3 Å². The van der Waals surface area contributed by atoms with Gasteiger partial charge in [-0.15, -0.1) is 11.3 Å². The molecule has 0 saturated heterocycles. The predicted molar refractivity (Wildman–Crippen MR) is 60.1 cm³/mol. The highest BCUT2D eigenvalue weighted by atomic mass is 32.1. The van der Waals surface area contributed by atoms with Gasteiger partial charge in [-0.3, -0.25) is 10.8 Å². The van der Waals surface area contributed by atoms with Gasteiger partial charge in [0.05, 0.1) is 11.4 Å². The third kappa shape index (κ3) is 1.62. The van der Waals surface area contributed by atoms with Crippen LogP contribution in [0.15, 0.2) is 29.8 Å². The highest BCUT2D eigenvalue weighted by Crippen LogP contribution is 2.26. The Bertz CT molecular complexity index is 436. The van der Waals surface area contributed by atoms with E-state index in [1.807, 2.05) is 12.1 Å². The van der Waals surface area contributed by atoms with E-state index in [0.29, 0.717) is 0 Å². The summed E-state index contributed by atoms with van der Waals surface area (Å²) in [7, 11) is 0. The van der Waals surface area contributed by atoms with Crippen LogP contribution in [-0.2, 0) is 0 Å². The van der Waals surface area contributed by atoms with E-state index >= 15 is 0 Å². The molecule has 0 amide bonds. The standard InChI is InChI=1S/C10H11N3S/c1-7-9(3-5-14-7)10-6-8(13-11)2-4-12-10/h2-6H,11H2,1H3,(H,12,13). The van der Waals surface area contributed by atoms with Crippen LogP contribution in [0.1, 0.15) is 4.88 Å². The number of hydrazine groups is 1. The van der Waals surface area contributed by atoms with Gasteiger partial charge in [0.15, 0.2) is 0 Å². The number of nitrogens with zero attached hydrogens (tertiary/aromatic N) is 1. The lowest BCUT2D eigenvalue weighted by atomic mass is 10.1. The molecule has 0 bridgehead atoms. The van der Waals surface area contributed by atoms with Crippen LogP contribution in [-0.4, -0.2) is 4.98 Å².